The Kier molecular flexibility index (Phi) is 7.18. The van der Waals surface area contributed by atoms with E-state index in [0.717, 1.165) is 5.56 Å². The maximum Gasteiger partial charge on any atom is 0.390 e. The third kappa shape index (κ3) is 6.50. The molecule has 0 saturated heterocycles. The summed E-state index contributed by atoms with van der Waals surface area (Å²) in [5.74, 6) is 1.08. The lowest BCUT2D eigenvalue weighted by Crippen LogP contribution is -2.33. The molecule has 0 unspecified atom stereocenters. The molecule has 31 heavy (non-hydrogen) atoms. The molecule has 0 aromatic heterocycles. The Morgan fingerprint density at radius 1 is 0.871 bits per heavy atom. The van der Waals surface area contributed by atoms with Gasteiger partial charge in [0.2, 0.25) is 0 Å². The van der Waals surface area contributed by atoms with Gasteiger partial charge in [-0.05, 0) is 42.0 Å². The molecule has 0 fully saturated rings. The van der Waals surface area contributed by atoms with Crippen LogP contribution < -0.4 is 9.47 Å². The number of benzene rings is 3. The summed E-state index contributed by atoms with van der Waals surface area (Å²) in [6.45, 7) is -0.327. The van der Waals surface area contributed by atoms with Gasteiger partial charge in [-0.25, -0.2) is 0 Å². The first-order valence-electron chi connectivity index (χ1n) is 9.66. The highest BCUT2D eigenvalue weighted by atomic mass is 19.4. The molecule has 0 N–H and O–H groups in total. The molecule has 162 valence electrons. The van der Waals surface area contributed by atoms with Crippen molar-refractivity contribution < 1.29 is 27.4 Å². The third-order valence-electron chi connectivity index (χ3n) is 4.57. The Morgan fingerprint density at radius 3 is 2.10 bits per heavy atom. The molecule has 0 saturated carbocycles. The number of para-hydroxylation sites is 2. The van der Waals surface area contributed by atoms with Gasteiger partial charge in [-0.2, -0.15) is 13.2 Å². The number of amides is 1. The molecule has 0 radical (unpaired) electrons. The van der Waals surface area contributed by atoms with Gasteiger partial charge < -0.3 is 14.4 Å². The molecule has 0 spiro atoms. The summed E-state index contributed by atoms with van der Waals surface area (Å²) < 4.78 is 49.4. The number of rotatable bonds is 8. The summed E-state index contributed by atoms with van der Waals surface area (Å²) in [4.78, 5) is 14.1. The van der Waals surface area contributed by atoms with Crippen LogP contribution >= 0.6 is 0 Å². The van der Waals surface area contributed by atoms with Crippen LogP contribution in [0.1, 0.15) is 22.3 Å². The number of methoxy groups -OCH3 is 1. The topological polar surface area (TPSA) is 38.8 Å². The SMILES string of the molecule is COc1ccccc1Oc1ccc(C(=O)N(CCC(F)(F)F)Cc2ccccc2)cc1. The Morgan fingerprint density at radius 2 is 1.48 bits per heavy atom. The first-order chi connectivity index (χ1) is 14.9. The van der Waals surface area contributed by atoms with Crippen molar-refractivity contribution in [3.63, 3.8) is 0 Å². The zero-order valence-electron chi connectivity index (χ0n) is 16.9. The van der Waals surface area contributed by atoms with Gasteiger partial charge in [0.25, 0.3) is 5.91 Å². The lowest BCUT2D eigenvalue weighted by molar-refractivity contribution is -0.136. The highest BCUT2D eigenvalue weighted by molar-refractivity contribution is 5.94. The Balaban J connectivity index is 1.75. The summed E-state index contributed by atoms with van der Waals surface area (Å²) in [6.07, 6.45) is -5.41. The van der Waals surface area contributed by atoms with Crippen LogP contribution in [0.5, 0.6) is 17.2 Å². The van der Waals surface area contributed by atoms with E-state index in [-0.39, 0.29) is 12.1 Å². The summed E-state index contributed by atoms with van der Waals surface area (Å²) in [6, 6.07) is 22.3. The largest absolute Gasteiger partial charge is 0.493 e. The van der Waals surface area contributed by atoms with Crippen molar-refractivity contribution in [1.82, 2.24) is 4.90 Å². The molecule has 0 heterocycles. The molecule has 3 aromatic carbocycles. The zero-order chi connectivity index (χ0) is 22.3. The van der Waals surface area contributed by atoms with Crippen LogP contribution in [-0.4, -0.2) is 30.6 Å². The quantitative estimate of drug-likeness (QED) is 0.435. The standard InChI is InChI=1S/C24H22F3NO3/c1-30-21-9-5-6-10-22(21)31-20-13-11-19(12-14-20)23(29)28(16-15-24(25,26)27)17-18-7-3-2-4-8-18/h2-14H,15-17H2,1H3. The predicted molar refractivity (Wildman–Crippen MR) is 111 cm³/mol. The average Bonchev–Trinajstić information content (AvgIpc) is 2.77. The zero-order valence-corrected chi connectivity index (χ0v) is 16.9. The summed E-state index contributed by atoms with van der Waals surface area (Å²) in [5.41, 5.74) is 1.04. The molecule has 0 aliphatic heterocycles. The molecular formula is C24H22F3NO3. The number of nitrogens with zero attached hydrogens (tertiary/aromatic N) is 1. The fourth-order valence-corrected chi connectivity index (χ4v) is 3.00. The first-order valence-corrected chi connectivity index (χ1v) is 9.66. The van der Waals surface area contributed by atoms with Crippen molar-refractivity contribution >= 4 is 5.91 Å². The van der Waals surface area contributed by atoms with Crippen LogP contribution in [0, 0.1) is 0 Å². The fourth-order valence-electron chi connectivity index (χ4n) is 3.00. The lowest BCUT2D eigenvalue weighted by Gasteiger charge is -2.24. The van der Waals surface area contributed by atoms with Gasteiger partial charge in [-0.1, -0.05) is 42.5 Å². The van der Waals surface area contributed by atoms with Crippen LogP contribution in [0.25, 0.3) is 0 Å². The highest BCUT2D eigenvalue weighted by Crippen LogP contribution is 2.31. The molecule has 0 aliphatic rings. The van der Waals surface area contributed by atoms with Crippen LogP contribution in [-0.2, 0) is 6.54 Å². The van der Waals surface area contributed by atoms with Crippen LogP contribution in [0.4, 0.5) is 13.2 Å². The Bertz CT molecular complexity index is 989. The van der Waals surface area contributed by atoms with Gasteiger partial charge >= 0.3 is 6.18 Å². The molecule has 7 heteroatoms. The molecule has 3 rings (SSSR count). The van der Waals surface area contributed by atoms with E-state index in [0.29, 0.717) is 17.2 Å². The second-order valence-electron chi connectivity index (χ2n) is 6.85. The Hall–Kier alpha value is -3.48. The van der Waals surface area contributed by atoms with E-state index in [2.05, 4.69) is 0 Å². The van der Waals surface area contributed by atoms with Crippen LogP contribution in [0.3, 0.4) is 0 Å². The van der Waals surface area contributed by atoms with Crippen LogP contribution in [0.15, 0.2) is 78.9 Å². The molecule has 0 bridgehead atoms. The van der Waals surface area contributed by atoms with Crippen molar-refractivity contribution in [2.24, 2.45) is 0 Å². The molecule has 3 aromatic rings. The van der Waals surface area contributed by atoms with E-state index in [1.807, 2.05) is 12.1 Å². The normalized spacial score (nSPS) is 11.1. The van der Waals surface area contributed by atoms with Crippen molar-refractivity contribution in [3.05, 3.63) is 90.0 Å². The van der Waals surface area contributed by atoms with Gasteiger partial charge in [0.05, 0.1) is 13.5 Å². The number of hydrogen-bond donors (Lipinski definition) is 0. The van der Waals surface area contributed by atoms with E-state index in [9.17, 15) is 18.0 Å². The van der Waals surface area contributed by atoms with E-state index in [1.54, 1.807) is 66.7 Å². The Labute approximate surface area is 178 Å². The van der Waals surface area contributed by atoms with Gasteiger partial charge in [0.15, 0.2) is 11.5 Å². The summed E-state index contributed by atoms with van der Waals surface area (Å²) >= 11 is 0. The summed E-state index contributed by atoms with van der Waals surface area (Å²) in [5, 5.41) is 0. The summed E-state index contributed by atoms with van der Waals surface area (Å²) in [7, 11) is 1.53. The lowest BCUT2D eigenvalue weighted by atomic mass is 10.1. The fraction of sp³-hybridized carbons (Fsp3) is 0.208. The van der Waals surface area contributed by atoms with Gasteiger partial charge in [0, 0.05) is 18.7 Å². The second kappa shape index (κ2) is 10.0. The molecule has 0 atom stereocenters. The van der Waals surface area contributed by atoms with E-state index < -0.39 is 25.0 Å². The minimum atomic E-state index is -4.35. The van der Waals surface area contributed by atoms with Crippen molar-refractivity contribution in [2.45, 2.75) is 19.1 Å². The first kappa shape index (κ1) is 22.2. The molecule has 0 aliphatic carbocycles. The maximum atomic E-state index is 12.9. The van der Waals surface area contributed by atoms with E-state index in [4.69, 9.17) is 9.47 Å². The van der Waals surface area contributed by atoms with E-state index in [1.165, 1.54) is 12.0 Å². The minimum Gasteiger partial charge on any atom is -0.493 e. The number of carbonyl (C=O) groups excluding carboxylic acids is 1. The maximum absolute atomic E-state index is 12.9. The highest BCUT2D eigenvalue weighted by Gasteiger charge is 2.29. The van der Waals surface area contributed by atoms with Crippen molar-refractivity contribution in [2.75, 3.05) is 13.7 Å². The van der Waals surface area contributed by atoms with Crippen molar-refractivity contribution in [3.8, 4) is 17.2 Å². The third-order valence-corrected chi connectivity index (χ3v) is 4.57. The number of halogens is 3. The number of alkyl halides is 3. The second-order valence-corrected chi connectivity index (χ2v) is 6.85. The predicted octanol–water partition coefficient (Wildman–Crippen LogP) is 6.08. The number of carbonyl (C=O) groups is 1. The van der Waals surface area contributed by atoms with Crippen molar-refractivity contribution in [1.29, 1.82) is 0 Å². The van der Waals surface area contributed by atoms with Gasteiger partial charge in [-0.3, -0.25) is 4.79 Å². The number of hydrogen-bond acceptors (Lipinski definition) is 3. The molecule has 1 amide bonds. The average molecular weight is 429 g/mol. The van der Waals surface area contributed by atoms with Gasteiger partial charge in [-0.15, -0.1) is 0 Å². The van der Waals surface area contributed by atoms with E-state index >= 15 is 0 Å². The monoisotopic (exact) mass is 429 g/mol. The van der Waals surface area contributed by atoms with Crippen LogP contribution in [0.2, 0.25) is 0 Å². The minimum absolute atomic E-state index is 0.0925. The molecular weight excluding hydrogens is 407 g/mol. The molecule has 4 nitrogen and oxygen atoms in total. The smallest absolute Gasteiger partial charge is 0.390 e. The number of ether oxygens (including phenoxy) is 2. The van der Waals surface area contributed by atoms with Gasteiger partial charge in [0.1, 0.15) is 5.75 Å².